The Kier molecular flexibility index (Phi) is 10.5. The van der Waals surface area contributed by atoms with E-state index in [2.05, 4.69) is 51.1 Å². The minimum Gasteiger partial charge on any atom is -0.469 e. The van der Waals surface area contributed by atoms with Crippen LogP contribution in [0.4, 0.5) is 0 Å². The molecule has 8 rings (SSSR count). The third-order valence-corrected chi connectivity index (χ3v) is 15.4. The van der Waals surface area contributed by atoms with Gasteiger partial charge in [0.15, 0.2) is 0 Å². The van der Waals surface area contributed by atoms with Gasteiger partial charge in [-0.1, -0.05) is 55.3 Å². The van der Waals surface area contributed by atoms with E-state index < -0.39 is 0 Å². The van der Waals surface area contributed by atoms with Crippen LogP contribution >= 0.6 is 11.6 Å². The standard InChI is InChI=1S/C23H30O3.C22H27ClO3/c1-14-4-7-17-15(12-14)5-8-19-18(17)10-11-23(2)20(24)13-16(22(19)23)6-9-21(25)26-3;1-22-10-9-17-16-7-5-15(23)11-13(16)3-6-18(17)21(22)14(12-19(22)24)4-8-20(25)26-2/h4,7,12,16,18-19,22H,5-6,8-11,13H2,1-3H3;5,7,11,14,17-18,21H,3-4,6,8-10,12H2,1-2H3/t16-,18-,19-,22+,23-;14-,17-,18-,21+,22-/m11/s1. The normalized spacial score (nSPS) is 35.4. The molecule has 0 aromatic heterocycles. The summed E-state index contributed by atoms with van der Waals surface area (Å²) in [5, 5.41) is 0.815. The summed E-state index contributed by atoms with van der Waals surface area (Å²) in [6.45, 7) is 6.56. The van der Waals surface area contributed by atoms with Gasteiger partial charge in [-0.25, -0.2) is 0 Å². The van der Waals surface area contributed by atoms with Gasteiger partial charge >= 0.3 is 11.9 Å². The van der Waals surface area contributed by atoms with Crippen LogP contribution in [0.5, 0.6) is 0 Å². The van der Waals surface area contributed by atoms with Gasteiger partial charge in [0.05, 0.1) is 14.2 Å². The van der Waals surface area contributed by atoms with Crippen molar-refractivity contribution in [3.8, 4) is 0 Å². The molecular formula is C45H57ClO6. The molecule has 0 amide bonds. The molecule has 10 atom stereocenters. The number of esters is 2. The van der Waals surface area contributed by atoms with Gasteiger partial charge in [-0.15, -0.1) is 0 Å². The summed E-state index contributed by atoms with van der Waals surface area (Å²) in [5.41, 5.74) is 6.84. The summed E-state index contributed by atoms with van der Waals surface area (Å²) < 4.78 is 9.66. The number of carbonyl (C=O) groups is 4. The fourth-order valence-electron chi connectivity index (χ4n) is 12.7. The molecule has 7 heteroatoms. The molecule has 0 heterocycles. The van der Waals surface area contributed by atoms with E-state index in [9.17, 15) is 19.2 Å². The average molecular weight is 729 g/mol. The Labute approximate surface area is 315 Å². The number of Topliss-reactive ketones (excluding diaryl/α,β-unsaturated/α-hetero) is 2. The van der Waals surface area contributed by atoms with E-state index in [-0.39, 0.29) is 22.8 Å². The first kappa shape index (κ1) is 37.3. The minimum absolute atomic E-state index is 0.150. The number of methoxy groups -OCH3 is 2. The van der Waals surface area contributed by atoms with Crippen LogP contribution in [0.2, 0.25) is 5.02 Å². The summed E-state index contributed by atoms with van der Waals surface area (Å²) in [5.74, 6) is 4.24. The number of ketones is 2. The first-order chi connectivity index (χ1) is 24.9. The number of hydrogen-bond donors (Lipinski definition) is 0. The van der Waals surface area contributed by atoms with Crippen LogP contribution in [-0.4, -0.2) is 37.7 Å². The topological polar surface area (TPSA) is 86.7 Å². The molecule has 0 unspecified atom stereocenters. The van der Waals surface area contributed by atoms with E-state index in [4.69, 9.17) is 21.1 Å². The first-order valence-corrected chi connectivity index (χ1v) is 20.3. The highest BCUT2D eigenvalue weighted by Crippen LogP contribution is 2.63. The lowest BCUT2D eigenvalue weighted by Crippen LogP contribution is -2.44. The Morgan fingerprint density at radius 2 is 1.17 bits per heavy atom. The summed E-state index contributed by atoms with van der Waals surface area (Å²) in [7, 11) is 2.88. The largest absolute Gasteiger partial charge is 0.469 e. The van der Waals surface area contributed by atoms with Crippen LogP contribution in [0.15, 0.2) is 36.4 Å². The lowest BCUT2D eigenvalue weighted by Gasteiger charge is -2.50. The Morgan fingerprint density at radius 3 is 1.65 bits per heavy atom. The summed E-state index contributed by atoms with van der Waals surface area (Å²) >= 11 is 6.20. The van der Waals surface area contributed by atoms with Gasteiger partial charge in [-0.3, -0.25) is 19.2 Å². The van der Waals surface area contributed by atoms with Crippen LogP contribution in [0.3, 0.4) is 0 Å². The monoisotopic (exact) mass is 728 g/mol. The van der Waals surface area contributed by atoms with Gasteiger partial charge in [0, 0.05) is 41.5 Å². The van der Waals surface area contributed by atoms with Gasteiger partial charge in [0.2, 0.25) is 0 Å². The van der Waals surface area contributed by atoms with Crippen molar-refractivity contribution in [1.82, 2.24) is 0 Å². The van der Waals surface area contributed by atoms with Crippen molar-refractivity contribution in [2.45, 2.75) is 122 Å². The number of aryl methyl sites for hydroxylation is 3. The summed E-state index contributed by atoms with van der Waals surface area (Å²) in [4.78, 5) is 49.1. The zero-order chi connectivity index (χ0) is 36.9. The fourth-order valence-corrected chi connectivity index (χ4v) is 12.9. The highest BCUT2D eigenvalue weighted by molar-refractivity contribution is 6.30. The van der Waals surface area contributed by atoms with E-state index in [1.807, 2.05) is 6.07 Å². The van der Waals surface area contributed by atoms with E-state index in [0.29, 0.717) is 84.6 Å². The Hall–Kier alpha value is -2.99. The quantitative estimate of drug-likeness (QED) is 0.276. The van der Waals surface area contributed by atoms with E-state index in [0.717, 1.165) is 62.8 Å². The number of rotatable bonds is 6. The van der Waals surface area contributed by atoms with Gasteiger partial charge in [0.25, 0.3) is 0 Å². The first-order valence-electron chi connectivity index (χ1n) is 20.0. The Morgan fingerprint density at radius 1 is 0.712 bits per heavy atom. The van der Waals surface area contributed by atoms with Crippen molar-refractivity contribution in [3.63, 3.8) is 0 Å². The maximum absolute atomic E-state index is 12.9. The van der Waals surface area contributed by atoms with E-state index in [1.54, 1.807) is 0 Å². The number of benzene rings is 2. The number of fused-ring (bicyclic) bond motifs is 10. The molecule has 0 radical (unpaired) electrons. The maximum Gasteiger partial charge on any atom is 0.305 e. The van der Waals surface area contributed by atoms with Crippen LogP contribution in [0.25, 0.3) is 0 Å². The Bertz CT molecular complexity index is 1610. The molecule has 4 fully saturated rings. The zero-order valence-electron chi connectivity index (χ0n) is 31.8. The predicted octanol–water partition coefficient (Wildman–Crippen LogP) is 9.54. The van der Waals surface area contributed by atoms with Crippen LogP contribution in [-0.2, 0) is 41.5 Å². The van der Waals surface area contributed by atoms with Crippen molar-refractivity contribution in [2.75, 3.05) is 14.2 Å². The van der Waals surface area contributed by atoms with Crippen LogP contribution in [0, 0.1) is 53.3 Å². The highest BCUT2D eigenvalue weighted by atomic mass is 35.5. The van der Waals surface area contributed by atoms with Crippen molar-refractivity contribution in [3.05, 3.63) is 69.2 Å². The minimum atomic E-state index is -0.202. The van der Waals surface area contributed by atoms with Crippen molar-refractivity contribution in [2.24, 2.45) is 46.3 Å². The lowest BCUT2D eigenvalue weighted by molar-refractivity contribution is -0.142. The molecule has 0 bridgehead atoms. The molecule has 6 aliphatic rings. The molecular weight excluding hydrogens is 672 g/mol. The molecule has 0 N–H and O–H groups in total. The number of halogens is 1. The van der Waals surface area contributed by atoms with E-state index >= 15 is 0 Å². The third-order valence-electron chi connectivity index (χ3n) is 15.2. The molecule has 6 aliphatic carbocycles. The zero-order valence-corrected chi connectivity index (χ0v) is 32.6. The molecule has 280 valence electrons. The lowest BCUT2D eigenvalue weighted by atomic mass is 9.54. The molecule has 4 saturated carbocycles. The SMILES string of the molecule is COC(=O)CC[C@@H]1CC(=O)[C@@]2(C)CC[C@@H]3c4ccc(C)cc4CC[C@H]3[C@H]12.COC(=O)CC[C@@H]1CC(=O)[C@@]2(C)CC[C@@H]3c4ccc(Cl)cc4CC[C@H]3[C@H]12. The molecule has 2 aromatic rings. The highest BCUT2D eigenvalue weighted by Gasteiger charge is 2.59. The van der Waals surface area contributed by atoms with E-state index in [1.165, 1.54) is 48.5 Å². The molecule has 0 spiro atoms. The van der Waals surface area contributed by atoms with Crippen LogP contribution in [0.1, 0.15) is 131 Å². The molecule has 52 heavy (non-hydrogen) atoms. The second-order valence-electron chi connectivity index (χ2n) is 17.6. The second-order valence-corrected chi connectivity index (χ2v) is 18.1. The van der Waals surface area contributed by atoms with Gasteiger partial charge < -0.3 is 9.47 Å². The smallest absolute Gasteiger partial charge is 0.305 e. The number of hydrogen-bond acceptors (Lipinski definition) is 6. The van der Waals surface area contributed by atoms with Gasteiger partial charge in [0.1, 0.15) is 11.6 Å². The average Bonchev–Trinajstić information content (AvgIpc) is 3.56. The molecule has 6 nitrogen and oxygen atoms in total. The number of carbonyl (C=O) groups excluding carboxylic acids is 4. The number of ether oxygens (including phenoxy) is 2. The maximum atomic E-state index is 12.9. The van der Waals surface area contributed by atoms with Crippen molar-refractivity contribution >= 4 is 35.1 Å². The summed E-state index contributed by atoms with van der Waals surface area (Å²) in [6.07, 6.45) is 12.4. The Balaban J connectivity index is 0.000000162. The van der Waals surface area contributed by atoms with Crippen molar-refractivity contribution < 1.29 is 28.7 Å². The molecule has 2 aromatic carbocycles. The van der Waals surface area contributed by atoms with Gasteiger partial charge in [-0.2, -0.15) is 0 Å². The molecule has 0 aliphatic heterocycles. The third kappa shape index (κ3) is 6.58. The summed E-state index contributed by atoms with van der Waals surface area (Å²) in [6, 6.07) is 13.3. The molecule has 0 saturated heterocycles. The van der Waals surface area contributed by atoms with Crippen LogP contribution < -0.4 is 0 Å². The van der Waals surface area contributed by atoms with Gasteiger partial charge in [-0.05, 0) is 153 Å². The predicted molar refractivity (Wildman–Crippen MR) is 202 cm³/mol. The fraction of sp³-hybridized carbons (Fsp3) is 0.644. The second kappa shape index (κ2) is 14.7. The van der Waals surface area contributed by atoms with Crippen molar-refractivity contribution in [1.29, 1.82) is 0 Å².